The van der Waals surface area contributed by atoms with E-state index in [-0.39, 0.29) is 5.44 Å². The zero-order valence-electron chi connectivity index (χ0n) is 8.97. The second-order valence-electron chi connectivity index (χ2n) is 3.59. The van der Waals surface area contributed by atoms with Gasteiger partial charge in [-0.05, 0) is 18.4 Å². The SMILES string of the molecule is COC1SC(c2cccs2)=N[C@]1(C)C(N)=O. The van der Waals surface area contributed by atoms with E-state index in [2.05, 4.69) is 4.99 Å². The lowest BCUT2D eigenvalue weighted by Gasteiger charge is -2.22. The van der Waals surface area contributed by atoms with Crippen molar-refractivity contribution in [2.45, 2.75) is 17.9 Å². The largest absolute Gasteiger partial charge is 0.367 e. The van der Waals surface area contributed by atoms with Crippen LogP contribution in [0.1, 0.15) is 11.8 Å². The Balaban J connectivity index is 2.36. The van der Waals surface area contributed by atoms with E-state index in [9.17, 15) is 4.79 Å². The number of hydrogen-bond donors (Lipinski definition) is 1. The Labute approximate surface area is 102 Å². The van der Waals surface area contributed by atoms with E-state index in [1.807, 2.05) is 17.5 Å². The number of carbonyl (C=O) groups is 1. The Kier molecular flexibility index (Phi) is 3.05. The number of thiophene rings is 1. The summed E-state index contributed by atoms with van der Waals surface area (Å²) in [6.45, 7) is 1.71. The molecule has 1 aromatic rings. The van der Waals surface area contributed by atoms with Gasteiger partial charge in [0.2, 0.25) is 5.91 Å². The van der Waals surface area contributed by atoms with E-state index in [0.29, 0.717) is 0 Å². The van der Waals surface area contributed by atoms with Crippen LogP contribution >= 0.6 is 23.1 Å². The summed E-state index contributed by atoms with van der Waals surface area (Å²) in [5, 5.41) is 2.79. The predicted molar refractivity (Wildman–Crippen MR) is 66.8 cm³/mol. The fourth-order valence-electron chi connectivity index (χ4n) is 1.47. The summed E-state index contributed by atoms with van der Waals surface area (Å²) in [6, 6.07) is 3.92. The summed E-state index contributed by atoms with van der Waals surface area (Å²) in [5.41, 5.74) is 4.06. The molecular weight excluding hydrogens is 244 g/mol. The van der Waals surface area contributed by atoms with Crippen molar-refractivity contribution < 1.29 is 9.53 Å². The summed E-state index contributed by atoms with van der Waals surface area (Å²) in [6.07, 6.45) is 0. The highest BCUT2D eigenvalue weighted by Crippen LogP contribution is 2.39. The highest BCUT2D eigenvalue weighted by molar-refractivity contribution is 8.15. The second-order valence-corrected chi connectivity index (χ2v) is 5.59. The van der Waals surface area contributed by atoms with Crippen molar-refractivity contribution in [3.8, 4) is 0 Å². The van der Waals surface area contributed by atoms with Crippen LogP contribution in [0.25, 0.3) is 0 Å². The molecule has 0 saturated heterocycles. The molecule has 1 aliphatic rings. The minimum atomic E-state index is -0.973. The zero-order valence-corrected chi connectivity index (χ0v) is 10.6. The number of methoxy groups -OCH3 is 1. The van der Waals surface area contributed by atoms with Gasteiger partial charge in [0.15, 0.2) is 5.54 Å². The number of amides is 1. The van der Waals surface area contributed by atoms with Crippen LogP contribution in [0.3, 0.4) is 0 Å². The van der Waals surface area contributed by atoms with Gasteiger partial charge in [0, 0.05) is 7.11 Å². The van der Waals surface area contributed by atoms with Gasteiger partial charge in [0.1, 0.15) is 10.5 Å². The first-order valence-corrected chi connectivity index (χ1v) is 6.47. The van der Waals surface area contributed by atoms with E-state index in [4.69, 9.17) is 10.5 Å². The number of aliphatic imine (C=N–C) groups is 1. The van der Waals surface area contributed by atoms with E-state index in [1.54, 1.807) is 25.4 Å². The number of nitrogens with zero attached hydrogens (tertiary/aromatic N) is 1. The Bertz CT molecular complexity index is 430. The van der Waals surface area contributed by atoms with Gasteiger partial charge in [0.25, 0.3) is 0 Å². The van der Waals surface area contributed by atoms with Gasteiger partial charge in [-0.25, -0.2) is 0 Å². The van der Waals surface area contributed by atoms with Gasteiger partial charge >= 0.3 is 0 Å². The zero-order chi connectivity index (χ0) is 11.8. The first kappa shape index (κ1) is 11.6. The number of thioether (sulfide) groups is 1. The van der Waals surface area contributed by atoms with Crippen molar-refractivity contribution in [2.24, 2.45) is 10.7 Å². The van der Waals surface area contributed by atoms with Gasteiger partial charge < -0.3 is 10.5 Å². The molecule has 0 spiro atoms. The smallest absolute Gasteiger partial charge is 0.248 e. The van der Waals surface area contributed by atoms with E-state index in [1.165, 1.54) is 11.8 Å². The molecule has 0 fully saturated rings. The van der Waals surface area contributed by atoms with Crippen LogP contribution in [0.15, 0.2) is 22.5 Å². The Morgan fingerprint density at radius 3 is 2.88 bits per heavy atom. The van der Waals surface area contributed by atoms with Crippen LogP contribution in [-0.2, 0) is 9.53 Å². The normalized spacial score (nSPS) is 29.1. The average molecular weight is 256 g/mol. The van der Waals surface area contributed by atoms with Crippen LogP contribution in [0, 0.1) is 0 Å². The van der Waals surface area contributed by atoms with Crippen LogP contribution < -0.4 is 5.73 Å². The molecular formula is C10H12N2O2S2. The number of hydrogen-bond acceptors (Lipinski definition) is 5. The summed E-state index contributed by atoms with van der Waals surface area (Å²) >= 11 is 3.03. The molecule has 0 radical (unpaired) electrons. The molecule has 86 valence electrons. The van der Waals surface area contributed by atoms with Crippen molar-refractivity contribution in [2.75, 3.05) is 7.11 Å². The van der Waals surface area contributed by atoms with Crippen LogP contribution in [0.2, 0.25) is 0 Å². The number of primary amides is 1. The van der Waals surface area contributed by atoms with Crippen molar-refractivity contribution in [1.29, 1.82) is 0 Å². The molecule has 1 amide bonds. The average Bonchev–Trinajstić information content (AvgIpc) is 2.84. The molecule has 0 saturated carbocycles. The van der Waals surface area contributed by atoms with Gasteiger partial charge in [-0.2, -0.15) is 0 Å². The number of ether oxygens (including phenoxy) is 1. The van der Waals surface area contributed by atoms with Crippen molar-refractivity contribution in [3.05, 3.63) is 22.4 Å². The molecule has 0 aromatic carbocycles. The monoisotopic (exact) mass is 256 g/mol. The number of nitrogens with two attached hydrogens (primary N) is 1. The second kappa shape index (κ2) is 4.20. The molecule has 2 heterocycles. The number of carbonyl (C=O) groups excluding carboxylic acids is 1. The molecule has 2 rings (SSSR count). The lowest BCUT2D eigenvalue weighted by Crippen LogP contribution is -2.46. The molecule has 1 aromatic heterocycles. The minimum Gasteiger partial charge on any atom is -0.367 e. The maximum absolute atomic E-state index is 11.4. The third-order valence-corrected chi connectivity index (χ3v) is 4.86. The summed E-state index contributed by atoms with van der Waals surface area (Å²) in [4.78, 5) is 16.9. The number of rotatable bonds is 3. The first-order chi connectivity index (χ1) is 7.58. The Morgan fingerprint density at radius 1 is 1.69 bits per heavy atom. The molecule has 4 nitrogen and oxygen atoms in total. The quantitative estimate of drug-likeness (QED) is 0.890. The van der Waals surface area contributed by atoms with Crippen LogP contribution in [0.5, 0.6) is 0 Å². The van der Waals surface area contributed by atoms with Gasteiger partial charge in [-0.15, -0.1) is 11.3 Å². The molecule has 0 aliphatic carbocycles. The first-order valence-electron chi connectivity index (χ1n) is 4.71. The van der Waals surface area contributed by atoms with E-state index in [0.717, 1.165) is 9.92 Å². The lowest BCUT2D eigenvalue weighted by atomic mass is 10.0. The fourth-order valence-corrected chi connectivity index (χ4v) is 3.49. The lowest BCUT2D eigenvalue weighted by molar-refractivity contribution is -0.124. The fraction of sp³-hybridized carbons (Fsp3) is 0.400. The molecule has 16 heavy (non-hydrogen) atoms. The van der Waals surface area contributed by atoms with Gasteiger partial charge in [0.05, 0.1) is 4.88 Å². The van der Waals surface area contributed by atoms with Gasteiger partial charge in [-0.1, -0.05) is 17.8 Å². The third-order valence-electron chi connectivity index (χ3n) is 2.46. The Hall–Kier alpha value is -0.850. The molecule has 1 aliphatic heterocycles. The molecule has 2 atom stereocenters. The topological polar surface area (TPSA) is 64.7 Å². The van der Waals surface area contributed by atoms with Crippen molar-refractivity contribution >= 4 is 34.0 Å². The van der Waals surface area contributed by atoms with Crippen molar-refractivity contribution in [3.63, 3.8) is 0 Å². The third kappa shape index (κ3) is 1.77. The standard InChI is InChI=1S/C10H12N2O2S2/c1-10(8(11)13)9(14-2)16-7(12-10)6-4-3-5-15-6/h3-5,9H,1-2H3,(H2,11,13)/t9?,10-/m1/s1. The molecule has 1 unspecified atom stereocenters. The maximum Gasteiger partial charge on any atom is 0.248 e. The summed E-state index contributed by atoms with van der Waals surface area (Å²) < 4.78 is 5.27. The predicted octanol–water partition coefficient (Wildman–Crippen LogP) is 1.46. The highest BCUT2D eigenvalue weighted by Gasteiger charge is 2.46. The minimum absolute atomic E-state index is 0.345. The summed E-state index contributed by atoms with van der Waals surface area (Å²) in [5.74, 6) is -0.460. The maximum atomic E-state index is 11.4. The summed E-state index contributed by atoms with van der Waals surface area (Å²) in [7, 11) is 1.56. The van der Waals surface area contributed by atoms with E-state index < -0.39 is 11.4 Å². The van der Waals surface area contributed by atoms with Crippen LogP contribution in [-0.4, -0.2) is 29.0 Å². The Morgan fingerprint density at radius 2 is 2.44 bits per heavy atom. The highest BCUT2D eigenvalue weighted by atomic mass is 32.2. The van der Waals surface area contributed by atoms with Crippen LogP contribution in [0.4, 0.5) is 0 Å². The van der Waals surface area contributed by atoms with E-state index >= 15 is 0 Å². The molecule has 2 N–H and O–H groups in total. The van der Waals surface area contributed by atoms with Gasteiger partial charge in [-0.3, -0.25) is 9.79 Å². The molecule has 6 heteroatoms. The van der Waals surface area contributed by atoms with Crippen molar-refractivity contribution in [1.82, 2.24) is 0 Å². The molecule has 0 bridgehead atoms.